The Labute approximate surface area is 160 Å². The van der Waals surface area contributed by atoms with Crippen LogP contribution in [0.2, 0.25) is 0 Å². The van der Waals surface area contributed by atoms with Crippen molar-refractivity contribution < 1.29 is 40.1 Å². The second-order valence-electron chi connectivity index (χ2n) is 9.67. The van der Waals surface area contributed by atoms with Crippen molar-refractivity contribution in [2.24, 2.45) is 22.7 Å². The van der Waals surface area contributed by atoms with Crippen molar-refractivity contribution in [3.05, 3.63) is 0 Å². The molecule has 4 heterocycles. The number of Topliss-reactive ketones (excluding diaryl/α,β-unsaturated/α-hetero) is 1. The average Bonchev–Trinajstić information content (AvgIpc) is 2.62. The van der Waals surface area contributed by atoms with Gasteiger partial charge in [-0.05, 0) is 11.8 Å². The minimum Gasteiger partial charge on any atom is -0.394 e. The summed E-state index contributed by atoms with van der Waals surface area (Å²) in [5.74, 6) is 0.744. The van der Waals surface area contributed by atoms with Crippen molar-refractivity contribution in [1.29, 1.82) is 0 Å². The molecule has 0 amide bonds. The fraction of sp³-hybridized carbons (Fsp3) is 0.947. The molecule has 0 aliphatic carbocycles. The topological polar surface area (TPSA) is 127 Å². The molecule has 0 aromatic carbocycles. The summed E-state index contributed by atoms with van der Waals surface area (Å²) < 4.78 is 0. The van der Waals surface area contributed by atoms with Gasteiger partial charge in [-0.15, -0.1) is 0 Å². The quantitative estimate of drug-likeness (QED) is 0.235. The SMILES string of the molecule is CC(C)C12C[NH+]3CC(C(C)C)(C[NH+](C1)C3[C@H](O)[C@@H](O)[C@H](O)[C@H](O)CO)C2=O. The molecule has 0 spiro atoms. The van der Waals surface area contributed by atoms with E-state index in [1.54, 1.807) is 0 Å². The van der Waals surface area contributed by atoms with Gasteiger partial charge in [-0.25, -0.2) is 0 Å². The molecule has 4 aliphatic heterocycles. The van der Waals surface area contributed by atoms with Gasteiger partial charge >= 0.3 is 0 Å². The third kappa shape index (κ3) is 2.88. The first-order valence-corrected chi connectivity index (χ1v) is 10.1. The van der Waals surface area contributed by atoms with Crippen LogP contribution in [-0.2, 0) is 4.79 Å². The first-order chi connectivity index (χ1) is 12.5. The Morgan fingerprint density at radius 2 is 1.30 bits per heavy atom. The molecular weight excluding hydrogens is 352 g/mol. The van der Waals surface area contributed by atoms with E-state index in [9.17, 15) is 25.2 Å². The largest absolute Gasteiger partial charge is 0.394 e. The number of carbonyl (C=O) groups excluding carboxylic acids is 1. The van der Waals surface area contributed by atoms with Gasteiger partial charge in [0.05, 0.1) is 6.61 Å². The molecule has 4 fully saturated rings. The molecule has 0 unspecified atom stereocenters. The molecule has 4 aliphatic rings. The van der Waals surface area contributed by atoms with E-state index < -0.39 is 41.9 Å². The number of hydrogen-bond acceptors (Lipinski definition) is 6. The van der Waals surface area contributed by atoms with Crippen LogP contribution < -0.4 is 9.80 Å². The fourth-order valence-electron chi connectivity index (χ4n) is 5.97. The highest BCUT2D eigenvalue weighted by molar-refractivity contribution is 5.92. The van der Waals surface area contributed by atoms with E-state index in [-0.39, 0.29) is 18.0 Å². The Hall–Kier alpha value is -0.610. The zero-order chi connectivity index (χ0) is 20.3. The smallest absolute Gasteiger partial charge is 0.242 e. The van der Waals surface area contributed by atoms with E-state index in [0.717, 1.165) is 9.80 Å². The molecule has 0 aromatic heterocycles. The molecule has 27 heavy (non-hydrogen) atoms. The van der Waals surface area contributed by atoms with Gasteiger partial charge in [-0.2, -0.15) is 0 Å². The molecule has 0 radical (unpaired) electrons. The number of carbonyl (C=O) groups is 1. The standard InChI is InChI=1S/C19H34N2O6/c1-10(2)18-6-20-8-19(11(3)4,17(18)27)9-21(7-18)16(20)15(26)14(25)13(24)12(23)5-22/h10-16,22-26H,5-9H2,1-4H3/p+2/t12-,13-,14+,15-,16?,18?,19?/m1/s1. The lowest BCUT2D eigenvalue weighted by Crippen LogP contribution is -3.46. The van der Waals surface area contributed by atoms with Crippen LogP contribution in [-0.4, -0.2) is 94.7 Å². The highest BCUT2D eigenvalue weighted by Gasteiger charge is 2.74. The number of rotatable bonds is 7. The van der Waals surface area contributed by atoms with Gasteiger partial charge in [0.2, 0.25) is 6.17 Å². The summed E-state index contributed by atoms with van der Waals surface area (Å²) in [4.78, 5) is 15.7. The monoisotopic (exact) mass is 388 g/mol. The van der Waals surface area contributed by atoms with Crippen molar-refractivity contribution in [1.82, 2.24) is 0 Å². The van der Waals surface area contributed by atoms with Crippen molar-refractivity contribution in [2.75, 3.05) is 32.8 Å². The molecule has 4 atom stereocenters. The minimum atomic E-state index is -1.62. The molecule has 4 bridgehead atoms. The van der Waals surface area contributed by atoms with Crippen LogP contribution in [0.1, 0.15) is 27.7 Å². The van der Waals surface area contributed by atoms with Gasteiger partial charge in [0, 0.05) is 0 Å². The zero-order valence-electron chi connectivity index (χ0n) is 16.7. The summed E-state index contributed by atoms with van der Waals surface area (Å²) in [5, 5.41) is 49.9. The van der Waals surface area contributed by atoms with E-state index in [0.29, 0.717) is 32.0 Å². The highest BCUT2D eigenvalue weighted by Crippen LogP contribution is 2.44. The number of quaternary nitrogens is 2. The summed E-state index contributed by atoms with van der Waals surface area (Å²) in [6, 6.07) is 0. The summed E-state index contributed by atoms with van der Waals surface area (Å²) in [6.07, 6.45) is -6.31. The van der Waals surface area contributed by atoms with Gasteiger partial charge in [0.25, 0.3) is 0 Å². The molecular formula is C19H36N2O6+2. The van der Waals surface area contributed by atoms with Gasteiger partial charge in [0.1, 0.15) is 55.3 Å². The Morgan fingerprint density at radius 1 is 0.889 bits per heavy atom. The number of aliphatic hydroxyl groups is 5. The van der Waals surface area contributed by atoms with Crippen LogP contribution in [0.25, 0.3) is 0 Å². The van der Waals surface area contributed by atoms with E-state index in [2.05, 4.69) is 27.7 Å². The Kier molecular flexibility index (Phi) is 5.49. The Bertz CT molecular complexity index is 537. The fourth-order valence-corrected chi connectivity index (χ4v) is 5.97. The number of hydrogen-bond donors (Lipinski definition) is 7. The summed E-state index contributed by atoms with van der Waals surface area (Å²) >= 11 is 0. The van der Waals surface area contributed by atoms with E-state index in [4.69, 9.17) is 5.11 Å². The molecule has 4 saturated heterocycles. The van der Waals surface area contributed by atoms with E-state index in [1.165, 1.54) is 0 Å². The van der Waals surface area contributed by atoms with Crippen molar-refractivity contribution in [3.63, 3.8) is 0 Å². The lowest BCUT2D eigenvalue weighted by Gasteiger charge is -2.63. The molecule has 156 valence electrons. The van der Waals surface area contributed by atoms with Crippen molar-refractivity contribution in [2.45, 2.75) is 58.3 Å². The minimum absolute atomic E-state index is 0.193. The van der Waals surface area contributed by atoms with Gasteiger partial charge in [-0.3, -0.25) is 14.6 Å². The number of nitrogens with one attached hydrogen (secondary N) is 2. The summed E-state index contributed by atoms with van der Waals surface area (Å²) in [6.45, 7) is 10.1. The van der Waals surface area contributed by atoms with Crippen molar-refractivity contribution >= 4 is 5.78 Å². The maximum Gasteiger partial charge on any atom is 0.242 e. The zero-order valence-corrected chi connectivity index (χ0v) is 16.7. The molecule has 0 aromatic rings. The summed E-state index contributed by atoms with van der Waals surface area (Å²) in [5.41, 5.74) is -0.842. The molecule has 7 N–H and O–H groups in total. The van der Waals surface area contributed by atoms with Crippen LogP contribution in [0.3, 0.4) is 0 Å². The molecule has 8 heteroatoms. The third-order valence-electron chi connectivity index (χ3n) is 7.79. The Morgan fingerprint density at radius 3 is 1.63 bits per heavy atom. The van der Waals surface area contributed by atoms with Crippen LogP contribution in [0.4, 0.5) is 0 Å². The second kappa shape index (κ2) is 7.02. The van der Waals surface area contributed by atoms with Gasteiger partial charge in [-0.1, -0.05) is 27.7 Å². The van der Waals surface area contributed by atoms with E-state index >= 15 is 0 Å². The Balaban J connectivity index is 1.91. The number of ketones is 1. The predicted octanol–water partition coefficient (Wildman–Crippen LogP) is -4.59. The highest BCUT2D eigenvalue weighted by atomic mass is 16.4. The van der Waals surface area contributed by atoms with Crippen LogP contribution in [0.15, 0.2) is 0 Å². The van der Waals surface area contributed by atoms with Crippen LogP contribution in [0.5, 0.6) is 0 Å². The van der Waals surface area contributed by atoms with Gasteiger partial charge in [0.15, 0.2) is 11.9 Å². The average molecular weight is 389 g/mol. The first kappa shape index (κ1) is 21.1. The third-order valence-corrected chi connectivity index (χ3v) is 7.79. The predicted molar refractivity (Wildman–Crippen MR) is 95.8 cm³/mol. The lowest BCUT2D eigenvalue weighted by atomic mass is 9.53. The number of piperidine rings is 2. The van der Waals surface area contributed by atoms with Crippen LogP contribution >= 0.6 is 0 Å². The maximum absolute atomic E-state index is 13.5. The van der Waals surface area contributed by atoms with Crippen molar-refractivity contribution in [3.8, 4) is 0 Å². The van der Waals surface area contributed by atoms with Crippen LogP contribution in [0, 0.1) is 22.7 Å². The first-order valence-electron chi connectivity index (χ1n) is 10.1. The number of aliphatic hydroxyl groups excluding tert-OH is 5. The molecule has 8 nitrogen and oxygen atoms in total. The lowest BCUT2D eigenvalue weighted by molar-refractivity contribution is -1.17. The molecule has 4 rings (SSSR count). The maximum atomic E-state index is 13.5. The van der Waals surface area contributed by atoms with E-state index in [1.807, 2.05) is 0 Å². The molecule has 0 saturated carbocycles. The summed E-state index contributed by atoms with van der Waals surface area (Å²) in [7, 11) is 0. The second-order valence-corrected chi connectivity index (χ2v) is 9.67. The normalized spacial score (nSPS) is 42.6. The van der Waals surface area contributed by atoms with Gasteiger partial charge < -0.3 is 25.5 Å².